The van der Waals surface area contributed by atoms with Crippen molar-refractivity contribution in [3.63, 3.8) is 0 Å². The van der Waals surface area contributed by atoms with Crippen molar-refractivity contribution < 1.29 is 0 Å². The van der Waals surface area contributed by atoms with E-state index in [1.54, 1.807) is 0 Å². The lowest BCUT2D eigenvalue weighted by Crippen LogP contribution is -2.28. The third-order valence-corrected chi connectivity index (χ3v) is 14.2. The molecule has 29 heavy (non-hydrogen) atoms. The normalized spacial score (nSPS) is 14.4. The van der Waals surface area contributed by atoms with Crippen LogP contribution in [-0.2, 0) is 0 Å². The largest absolute Gasteiger partial charge is 0.371 e. The molecule has 2 aromatic rings. The summed E-state index contributed by atoms with van der Waals surface area (Å²) < 4.78 is 3.33. The summed E-state index contributed by atoms with van der Waals surface area (Å²) >= 11 is 10.3. The molecule has 0 fully saturated rings. The van der Waals surface area contributed by atoms with Gasteiger partial charge >= 0.3 is 15.1 Å². The van der Waals surface area contributed by atoms with Crippen molar-refractivity contribution in [2.45, 2.75) is 51.9 Å². The standard InChI is InChI=1S/C11H16BBrP.C6H4Br2.C5H13BP/c1-11(2,3)14(4,12)10-8-6-5-7-9(10)13;7-5-3-1-2-4-6(5)8;1-5(2,3)7(4)6/h5-8H,1-4H3;1-4H;7H,1-4H3/q+1;;+1. The van der Waals surface area contributed by atoms with Crippen molar-refractivity contribution in [3.05, 3.63) is 61.9 Å². The summed E-state index contributed by atoms with van der Waals surface area (Å²) in [5.74, 6) is 0. The highest BCUT2D eigenvalue weighted by atomic mass is 79.9. The second kappa shape index (κ2) is 12.8. The average molecular weight is 621 g/mol. The summed E-state index contributed by atoms with van der Waals surface area (Å²) in [6.45, 7) is 17.5. The van der Waals surface area contributed by atoms with Gasteiger partial charge in [0.1, 0.15) is 0 Å². The van der Waals surface area contributed by atoms with E-state index in [9.17, 15) is 0 Å². The minimum absolute atomic E-state index is 0.150. The van der Waals surface area contributed by atoms with E-state index in [-0.39, 0.29) is 5.16 Å². The highest BCUT2D eigenvalue weighted by molar-refractivity contribution is 9.13. The average Bonchev–Trinajstić information content (AvgIpc) is 2.57. The van der Waals surface area contributed by atoms with Gasteiger partial charge < -0.3 is 0 Å². The van der Waals surface area contributed by atoms with Gasteiger partial charge in [0.05, 0.1) is 20.1 Å². The van der Waals surface area contributed by atoms with E-state index < -0.39 is 14.9 Å². The van der Waals surface area contributed by atoms with Crippen LogP contribution in [0.1, 0.15) is 41.5 Å². The quantitative estimate of drug-likeness (QED) is 0.222. The molecular formula is C22H33B2Br3P2+2. The molecule has 0 N–H and O–H groups in total. The summed E-state index contributed by atoms with van der Waals surface area (Å²) in [4.78, 5) is 0. The highest BCUT2D eigenvalue weighted by Crippen LogP contribution is 2.61. The molecule has 0 saturated heterocycles. The van der Waals surface area contributed by atoms with E-state index in [1.807, 2.05) is 30.3 Å². The molecule has 0 amide bonds. The Morgan fingerprint density at radius 3 is 1.31 bits per heavy atom. The number of rotatable bonds is 1. The molecular weight excluding hydrogens is 588 g/mol. The van der Waals surface area contributed by atoms with Crippen LogP contribution >= 0.6 is 62.7 Å². The Morgan fingerprint density at radius 1 is 0.759 bits per heavy atom. The molecule has 0 aliphatic rings. The molecule has 7 heteroatoms. The number of halogens is 3. The maximum atomic E-state index is 6.50. The van der Waals surface area contributed by atoms with E-state index in [1.165, 1.54) is 5.30 Å². The van der Waals surface area contributed by atoms with E-state index in [2.05, 4.69) is 121 Å². The Balaban J connectivity index is 0.000000444. The van der Waals surface area contributed by atoms with Gasteiger partial charge in [-0.3, -0.25) is 0 Å². The molecule has 0 nitrogen and oxygen atoms in total. The smallest absolute Gasteiger partial charge is 0.0611 e. The molecule has 0 spiro atoms. The lowest BCUT2D eigenvalue weighted by atomic mass is 10.2. The summed E-state index contributed by atoms with van der Waals surface area (Å²) in [7, 11) is 10.1. The SMILES string of the molecule is Brc1ccccc1Br.[B][P+](C)(c1ccccc1Br)C(C)(C)C.[B][PH+](C)C(C)(C)C. The minimum atomic E-state index is -1.56. The first-order chi connectivity index (χ1) is 13.0. The predicted octanol–water partition coefficient (Wildman–Crippen LogP) is 8.53. The Hall–Kier alpha value is 0.870. The lowest BCUT2D eigenvalue weighted by Gasteiger charge is -2.33. The predicted molar refractivity (Wildman–Crippen MR) is 154 cm³/mol. The zero-order chi connectivity index (χ0) is 23.0. The van der Waals surface area contributed by atoms with Crippen LogP contribution in [0, 0.1) is 0 Å². The topological polar surface area (TPSA) is 0 Å². The fraction of sp³-hybridized carbons (Fsp3) is 0.455. The van der Waals surface area contributed by atoms with Gasteiger partial charge in [0.25, 0.3) is 0 Å². The zero-order valence-electron chi connectivity index (χ0n) is 18.9. The molecule has 0 aliphatic heterocycles. The third kappa shape index (κ3) is 10.8. The maximum absolute atomic E-state index is 6.50. The van der Waals surface area contributed by atoms with Crippen molar-refractivity contribution in [2.24, 2.45) is 0 Å². The summed E-state index contributed by atoms with van der Waals surface area (Å²) in [6.07, 6.45) is 0. The van der Waals surface area contributed by atoms with E-state index >= 15 is 0 Å². The lowest BCUT2D eigenvalue weighted by molar-refractivity contribution is 0.787. The second-order valence-corrected chi connectivity index (χ2v) is 18.4. The zero-order valence-corrected chi connectivity index (χ0v) is 25.5. The second-order valence-electron chi connectivity index (χ2n) is 9.04. The van der Waals surface area contributed by atoms with Gasteiger partial charge in [0.2, 0.25) is 0 Å². The number of benzene rings is 2. The van der Waals surface area contributed by atoms with Gasteiger partial charge in [-0.2, -0.15) is 0 Å². The van der Waals surface area contributed by atoms with Crippen LogP contribution in [0.15, 0.2) is 61.9 Å². The van der Waals surface area contributed by atoms with E-state index in [4.69, 9.17) is 15.1 Å². The first-order valence-corrected chi connectivity index (χ1v) is 16.2. The van der Waals surface area contributed by atoms with Crippen molar-refractivity contribution >= 4 is 83.2 Å². The van der Waals surface area contributed by atoms with Crippen molar-refractivity contribution in [1.29, 1.82) is 0 Å². The summed E-state index contributed by atoms with van der Waals surface area (Å²) in [6, 6.07) is 16.2. The Kier molecular flexibility index (Phi) is 13.2. The van der Waals surface area contributed by atoms with Crippen LogP contribution in [0.5, 0.6) is 0 Å². The third-order valence-electron chi connectivity index (χ3n) is 4.75. The van der Waals surface area contributed by atoms with Gasteiger partial charge in [-0.15, -0.1) is 0 Å². The van der Waals surface area contributed by atoms with Gasteiger partial charge in [0, 0.05) is 22.3 Å². The molecule has 2 unspecified atom stereocenters. The van der Waals surface area contributed by atoms with Crippen LogP contribution in [0.4, 0.5) is 0 Å². The first-order valence-electron chi connectivity index (χ1n) is 9.41. The Bertz CT molecular complexity index is 731. The molecule has 2 atom stereocenters. The maximum Gasteiger partial charge on any atom is 0.371 e. The van der Waals surface area contributed by atoms with Crippen LogP contribution in [0.3, 0.4) is 0 Å². The number of hydrogen-bond donors (Lipinski definition) is 0. The molecule has 0 saturated carbocycles. The summed E-state index contributed by atoms with van der Waals surface area (Å²) in [5.41, 5.74) is 0. The molecule has 2 aromatic carbocycles. The molecule has 0 bridgehead atoms. The van der Waals surface area contributed by atoms with Crippen molar-refractivity contribution in [3.8, 4) is 0 Å². The highest BCUT2D eigenvalue weighted by Gasteiger charge is 2.42. The monoisotopic (exact) mass is 618 g/mol. The number of hydrogen-bond acceptors (Lipinski definition) is 0. The molecule has 156 valence electrons. The fourth-order valence-electron chi connectivity index (χ4n) is 1.63. The van der Waals surface area contributed by atoms with E-state index in [0.29, 0.717) is 5.16 Å². The first kappa shape index (κ1) is 29.9. The molecule has 4 radical (unpaired) electrons. The Labute approximate surface area is 209 Å². The minimum Gasteiger partial charge on any atom is -0.0611 e. The van der Waals surface area contributed by atoms with E-state index in [0.717, 1.165) is 13.4 Å². The van der Waals surface area contributed by atoms with Crippen LogP contribution < -0.4 is 5.30 Å². The fourth-order valence-corrected chi connectivity index (χ4v) is 5.23. The van der Waals surface area contributed by atoms with Gasteiger partial charge in [-0.1, -0.05) is 32.1 Å². The molecule has 0 aromatic heterocycles. The molecule has 0 heterocycles. The van der Waals surface area contributed by atoms with Crippen LogP contribution in [-0.4, -0.2) is 38.8 Å². The van der Waals surface area contributed by atoms with Gasteiger partial charge in [-0.25, -0.2) is 0 Å². The van der Waals surface area contributed by atoms with Gasteiger partial charge in [-0.05, 0) is 121 Å². The van der Waals surface area contributed by atoms with Gasteiger partial charge in [0.15, 0.2) is 0 Å². The molecule has 0 aliphatic carbocycles. The van der Waals surface area contributed by atoms with Crippen LogP contribution in [0.2, 0.25) is 0 Å². The molecule has 2 rings (SSSR count). The van der Waals surface area contributed by atoms with Crippen LogP contribution in [0.25, 0.3) is 0 Å². The van der Waals surface area contributed by atoms with Crippen molar-refractivity contribution in [1.82, 2.24) is 0 Å². The van der Waals surface area contributed by atoms with Crippen molar-refractivity contribution in [2.75, 3.05) is 13.3 Å². The Morgan fingerprint density at radius 2 is 1.07 bits per heavy atom. The summed E-state index contributed by atoms with van der Waals surface area (Å²) in [5, 5.41) is 1.80.